The first-order valence-corrected chi connectivity index (χ1v) is 9.57. The highest BCUT2D eigenvalue weighted by Gasteiger charge is 2.30. The van der Waals surface area contributed by atoms with Gasteiger partial charge in [-0.15, -0.1) is 0 Å². The topological polar surface area (TPSA) is 78.4 Å². The fraction of sp³-hybridized carbons (Fsp3) is 0.476. The number of nitrogens with zero attached hydrogens (tertiary/aromatic N) is 3. The number of rotatable bonds is 6. The van der Waals surface area contributed by atoms with Crippen molar-refractivity contribution in [3.63, 3.8) is 0 Å². The maximum absolute atomic E-state index is 11.7. The van der Waals surface area contributed by atoms with Crippen LogP contribution in [0.5, 0.6) is 0 Å². The first-order chi connectivity index (χ1) is 13.1. The average molecular weight is 368 g/mol. The lowest BCUT2D eigenvalue weighted by atomic mass is 9.84. The molecule has 144 valence electrons. The molecule has 27 heavy (non-hydrogen) atoms. The summed E-state index contributed by atoms with van der Waals surface area (Å²) in [6, 6.07) is 8.48. The molecule has 6 heteroatoms. The summed E-state index contributed by atoms with van der Waals surface area (Å²) in [6.07, 6.45) is 7.11. The van der Waals surface area contributed by atoms with E-state index in [0.29, 0.717) is 6.04 Å². The van der Waals surface area contributed by atoms with Crippen molar-refractivity contribution in [3.05, 3.63) is 59.2 Å². The van der Waals surface area contributed by atoms with Crippen molar-refractivity contribution in [2.75, 3.05) is 0 Å². The zero-order chi connectivity index (χ0) is 19.2. The Kier molecular flexibility index (Phi) is 6.53. The second-order valence-electron chi connectivity index (χ2n) is 7.42. The molecule has 1 amide bonds. The fourth-order valence-electron chi connectivity index (χ4n) is 3.86. The predicted molar refractivity (Wildman–Crippen MR) is 103 cm³/mol. The van der Waals surface area contributed by atoms with E-state index < -0.39 is 0 Å². The highest BCUT2D eigenvalue weighted by Crippen LogP contribution is 2.30. The number of aryl methyl sites for hydroxylation is 2. The van der Waals surface area contributed by atoms with Gasteiger partial charge < -0.3 is 0 Å². The van der Waals surface area contributed by atoms with Crippen LogP contribution in [0.2, 0.25) is 0 Å². The Morgan fingerprint density at radius 1 is 1.04 bits per heavy atom. The van der Waals surface area contributed by atoms with Gasteiger partial charge in [-0.25, -0.2) is 5.48 Å². The zero-order valence-corrected chi connectivity index (χ0v) is 16.1. The summed E-state index contributed by atoms with van der Waals surface area (Å²) in [5.41, 5.74) is 6.35. The second-order valence-corrected chi connectivity index (χ2v) is 7.42. The lowest BCUT2D eigenvalue weighted by molar-refractivity contribution is -0.134. The first-order valence-electron chi connectivity index (χ1n) is 9.57. The smallest absolute Gasteiger partial charge is 0.246 e. The van der Waals surface area contributed by atoms with Crippen molar-refractivity contribution in [3.8, 4) is 0 Å². The van der Waals surface area contributed by atoms with Gasteiger partial charge in [-0.2, -0.15) is 0 Å². The minimum atomic E-state index is -0.263. The van der Waals surface area contributed by atoms with Crippen molar-refractivity contribution in [1.29, 1.82) is 0 Å². The van der Waals surface area contributed by atoms with Crippen LogP contribution in [0.25, 0.3) is 0 Å². The van der Waals surface area contributed by atoms with E-state index in [-0.39, 0.29) is 11.8 Å². The standard InChI is InChI=1S/C21H28N4O2/c1-15-5-3-11-22-19(15)13-25(14-20-16(2)6-4-12-23-20)18-9-7-17(8-10-18)21(26)24-27/h3-6,11-12,17-18,27H,7-10,13-14H2,1-2H3,(H,24,26). The molecule has 0 saturated heterocycles. The van der Waals surface area contributed by atoms with E-state index in [2.05, 4.69) is 40.8 Å². The number of carbonyl (C=O) groups is 1. The summed E-state index contributed by atoms with van der Waals surface area (Å²) in [5.74, 6) is -0.359. The first kappa shape index (κ1) is 19.5. The van der Waals surface area contributed by atoms with E-state index in [1.54, 1.807) is 5.48 Å². The number of nitrogens with one attached hydrogen (secondary N) is 1. The van der Waals surface area contributed by atoms with Crippen LogP contribution in [0, 0.1) is 19.8 Å². The van der Waals surface area contributed by atoms with Gasteiger partial charge in [0.15, 0.2) is 0 Å². The van der Waals surface area contributed by atoms with Gasteiger partial charge in [0.2, 0.25) is 5.91 Å². The maximum atomic E-state index is 11.7. The Bertz CT molecular complexity index is 725. The molecule has 0 aromatic carbocycles. The van der Waals surface area contributed by atoms with Gasteiger partial charge in [-0.1, -0.05) is 12.1 Å². The molecule has 0 aliphatic heterocycles. The minimum Gasteiger partial charge on any atom is -0.289 e. The number of pyridine rings is 2. The summed E-state index contributed by atoms with van der Waals surface area (Å²) in [5, 5.41) is 8.89. The monoisotopic (exact) mass is 368 g/mol. The minimum absolute atomic E-state index is 0.0960. The molecule has 2 aromatic heterocycles. The van der Waals surface area contributed by atoms with E-state index in [1.165, 1.54) is 11.1 Å². The average Bonchev–Trinajstić information content (AvgIpc) is 2.70. The van der Waals surface area contributed by atoms with Crippen molar-refractivity contribution >= 4 is 5.91 Å². The van der Waals surface area contributed by atoms with E-state index in [4.69, 9.17) is 5.21 Å². The number of hydrogen-bond donors (Lipinski definition) is 2. The second kappa shape index (κ2) is 9.06. The number of hydroxylamine groups is 1. The van der Waals surface area contributed by atoms with Crippen molar-refractivity contribution < 1.29 is 10.0 Å². The third kappa shape index (κ3) is 4.90. The van der Waals surface area contributed by atoms with Gasteiger partial charge >= 0.3 is 0 Å². The molecule has 2 heterocycles. The largest absolute Gasteiger partial charge is 0.289 e. The molecule has 2 aromatic rings. The predicted octanol–water partition coefficient (Wildman–Crippen LogP) is 3.16. The van der Waals surface area contributed by atoms with Crippen LogP contribution in [0.15, 0.2) is 36.7 Å². The summed E-state index contributed by atoms with van der Waals surface area (Å²) in [6.45, 7) is 5.72. The van der Waals surface area contributed by atoms with Crippen LogP contribution >= 0.6 is 0 Å². The normalized spacial score (nSPS) is 19.9. The Hall–Kier alpha value is -2.31. The van der Waals surface area contributed by atoms with Gasteiger partial charge in [-0.05, 0) is 62.8 Å². The molecule has 1 fully saturated rings. The molecule has 0 bridgehead atoms. The summed E-state index contributed by atoms with van der Waals surface area (Å²) in [7, 11) is 0. The van der Waals surface area contributed by atoms with E-state index in [9.17, 15) is 4.79 Å². The molecule has 0 spiro atoms. The number of hydrogen-bond acceptors (Lipinski definition) is 5. The van der Waals surface area contributed by atoms with Crippen molar-refractivity contribution in [2.24, 2.45) is 5.92 Å². The highest BCUT2D eigenvalue weighted by molar-refractivity contribution is 5.77. The Morgan fingerprint density at radius 2 is 1.56 bits per heavy atom. The molecule has 6 nitrogen and oxygen atoms in total. The molecule has 1 aliphatic rings. The molecular formula is C21H28N4O2. The number of carbonyl (C=O) groups excluding carboxylic acids is 1. The van der Waals surface area contributed by atoms with Crippen LogP contribution in [0.4, 0.5) is 0 Å². The molecule has 0 radical (unpaired) electrons. The third-order valence-corrected chi connectivity index (χ3v) is 5.64. The zero-order valence-electron chi connectivity index (χ0n) is 16.1. The van der Waals surface area contributed by atoms with Gasteiger partial charge in [0.05, 0.1) is 11.4 Å². The molecule has 3 rings (SSSR count). The van der Waals surface area contributed by atoms with Crippen molar-refractivity contribution in [2.45, 2.75) is 58.7 Å². The number of aromatic nitrogens is 2. The summed E-state index contributed by atoms with van der Waals surface area (Å²) in [4.78, 5) is 23.3. The molecule has 0 atom stereocenters. The molecule has 2 N–H and O–H groups in total. The SMILES string of the molecule is Cc1cccnc1CN(Cc1ncccc1C)C1CCC(C(=O)NO)CC1. The summed E-state index contributed by atoms with van der Waals surface area (Å²) >= 11 is 0. The van der Waals surface area contributed by atoms with Gasteiger partial charge in [0.1, 0.15) is 0 Å². The lowest BCUT2D eigenvalue weighted by Crippen LogP contribution is -2.40. The Morgan fingerprint density at radius 3 is 2.00 bits per heavy atom. The number of amides is 1. The molecule has 0 unspecified atom stereocenters. The lowest BCUT2D eigenvalue weighted by Gasteiger charge is -2.36. The van der Waals surface area contributed by atoms with Gasteiger partial charge in [0.25, 0.3) is 0 Å². The highest BCUT2D eigenvalue weighted by atomic mass is 16.5. The maximum Gasteiger partial charge on any atom is 0.246 e. The van der Waals surface area contributed by atoms with E-state index in [0.717, 1.165) is 50.2 Å². The Labute approximate surface area is 160 Å². The molecular weight excluding hydrogens is 340 g/mol. The van der Waals surface area contributed by atoms with Crippen molar-refractivity contribution in [1.82, 2.24) is 20.3 Å². The van der Waals surface area contributed by atoms with Gasteiger partial charge in [-0.3, -0.25) is 24.9 Å². The van der Waals surface area contributed by atoms with Gasteiger partial charge in [0, 0.05) is 37.4 Å². The van der Waals surface area contributed by atoms with Crippen LogP contribution < -0.4 is 5.48 Å². The quantitative estimate of drug-likeness (QED) is 0.605. The van der Waals surface area contributed by atoms with Crippen LogP contribution in [0.3, 0.4) is 0 Å². The Balaban J connectivity index is 1.77. The van der Waals surface area contributed by atoms with Crippen LogP contribution in [0.1, 0.15) is 48.2 Å². The fourth-order valence-corrected chi connectivity index (χ4v) is 3.86. The van der Waals surface area contributed by atoms with Crippen LogP contribution in [-0.4, -0.2) is 32.0 Å². The van der Waals surface area contributed by atoms with E-state index in [1.807, 2.05) is 24.5 Å². The van der Waals surface area contributed by atoms with Crippen LogP contribution in [-0.2, 0) is 17.9 Å². The molecule has 1 saturated carbocycles. The summed E-state index contributed by atoms with van der Waals surface area (Å²) < 4.78 is 0. The third-order valence-electron chi connectivity index (χ3n) is 5.64. The molecule has 1 aliphatic carbocycles. The van der Waals surface area contributed by atoms with E-state index >= 15 is 0 Å².